The first-order valence-electron chi connectivity index (χ1n) is 7.58. The highest BCUT2D eigenvalue weighted by Gasteiger charge is 2.52. The van der Waals surface area contributed by atoms with Gasteiger partial charge in [-0.1, -0.05) is 13.8 Å². The molecule has 0 aliphatic heterocycles. The minimum Gasteiger partial charge on any atom is -0.495 e. The first kappa shape index (κ1) is 11.6. The second-order valence-corrected chi connectivity index (χ2v) is 6.70. The highest BCUT2D eigenvalue weighted by Crippen LogP contribution is 2.57. The Hall–Kier alpha value is -0.460. The topological polar surface area (TPSA) is 9.23 Å². The van der Waals surface area contributed by atoms with Crippen molar-refractivity contribution in [2.45, 2.75) is 70.8 Å². The molecule has 4 aliphatic rings. The summed E-state index contributed by atoms with van der Waals surface area (Å²) in [7, 11) is 0. The summed E-state index contributed by atoms with van der Waals surface area (Å²) >= 11 is 0. The molecule has 0 saturated heterocycles. The third-order valence-electron chi connectivity index (χ3n) is 5.37. The standard InChI is InChI=1S/C16H26O/c1-3-12(4-2)11-17-16-8-13-5-14(9-16)7-15(6-13)10-16/h11,13-15H,3-10H2,1-2H3. The lowest BCUT2D eigenvalue weighted by Gasteiger charge is -2.55. The van der Waals surface area contributed by atoms with Crippen LogP contribution in [0.15, 0.2) is 11.8 Å². The van der Waals surface area contributed by atoms with Gasteiger partial charge in [0.2, 0.25) is 0 Å². The van der Waals surface area contributed by atoms with Gasteiger partial charge in [0.1, 0.15) is 5.60 Å². The molecule has 17 heavy (non-hydrogen) atoms. The van der Waals surface area contributed by atoms with Crippen molar-refractivity contribution in [3.8, 4) is 0 Å². The smallest absolute Gasteiger partial charge is 0.109 e. The molecular formula is C16H26O. The zero-order valence-corrected chi connectivity index (χ0v) is 11.4. The molecule has 0 unspecified atom stereocenters. The molecule has 0 radical (unpaired) electrons. The van der Waals surface area contributed by atoms with Gasteiger partial charge in [0, 0.05) is 0 Å². The Balaban J connectivity index is 1.72. The summed E-state index contributed by atoms with van der Waals surface area (Å²) in [6.07, 6.45) is 12.9. The molecule has 0 spiro atoms. The second kappa shape index (κ2) is 4.33. The van der Waals surface area contributed by atoms with Crippen LogP contribution < -0.4 is 0 Å². The molecule has 0 heterocycles. The minimum atomic E-state index is 0.254. The van der Waals surface area contributed by atoms with Crippen LogP contribution >= 0.6 is 0 Å². The highest BCUT2D eigenvalue weighted by atomic mass is 16.5. The summed E-state index contributed by atoms with van der Waals surface area (Å²) < 4.78 is 6.32. The summed E-state index contributed by atoms with van der Waals surface area (Å²) in [6.45, 7) is 4.47. The van der Waals surface area contributed by atoms with Gasteiger partial charge in [-0.2, -0.15) is 0 Å². The van der Waals surface area contributed by atoms with Crippen LogP contribution in [0.2, 0.25) is 0 Å². The molecule has 4 fully saturated rings. The van der Waals surface area contributed by atoms with Crippen LogP contribution in [-0.2, 0) is 4.74 Å². The van der Waals surface area contributed by atoms with E-state index in [1.54, 1.807) is 0 Å². The first-order chi connectivity index (χ1) is 8.23. The zero-order valence-electron chi connectivity index (χ0n) is 11.4. The van der Waals surface area contributed by atoms with E-state index in [0.717, 1.165) is 30.6 Å². The van der Waals surface area contributed by atoms with Crippen molar-refractivity contribution in [3.63, 3.8) is 0 Å². The largest absolute Gasteiger partial charge is 0.495 e. The van der Waals surface area contributed by atoms with E-state index in [1.165, 1.54) is 44.1 Å². The van der Waals surface area contributed by atoms with Crippen LogP contribution in [0.1, 0.15) is 65.2 Å². The summed E-state index contributed by atoms with van der Waals surface area (Å²) in [5.41, 5.74) is 1.73. The Kier molecular flexibility index (Phi) is 2.96. The molecule has 1 heteroatoms. The van der Waals surface area contributed by atoms with E-state index in [-0.39, 0.29) is 5.60 Å². The Morgan fingerprint density at radius 2 is 1.47 bits per heavy atom. The zero-order chi connectivity index (χ0) is 11.9. The van der Waals surface area contributed by atoms with E-state index in [1.807, 2.05) is 0 Å². The highest BCUT2D eigenvalue weighted by molar-refractivity contribution is 5.05. The molecule has 96 valence electrons. The number of ether oxygens (including phenoxy) is 1. The second-order valence-electron chi connectivity index (χ2n) is 6.70. The Labute approximate surface area is 106 Å². The van der Waals surface area contributed by atoms with Gasteiger partial charge in [0.15, 0.2) is 0 Å². The van der Waals surface area contributed by atoms with Crippen LogP contribution in [-0.4, -0.2) is 5.60 Å². The number of allylic oxidation sites excluding steroid dienone is 1. The molecule has 0 amide bonds. The molecule has 0 N–H and O–H groups in total. The fraction of sp³-hybridized carbons (Fsp3) is 0.875. The molecule has 4 bridgehead atoms. The SMILES string of the molecule is CCC(=COC12CC3CC(CC(C3)C1)C2)CC. The van der Waals surface area contributed by atoms with Crippen molar-refractivity contribution in [2.24, 2.45) is 17.8 Å². The lowest BCUT2D eigenvalue weighted by Crippen LogP contribution is -2.51. The van der Waals surface area contributed by atoms with Crippen LogP contribution in [0, 0.1) is 17.8 Å². The van der Waals surface area contributed by atoms with Gasteiger partial charge in [-0.15, -0.1) is 0 Å². The predicted octanol–water partition coefficient (Wildman–Crippen LogP) is 4.68. The molecule has 0 aromatic rings. The first-order valence-corrected chi connectivity index (χ1v) is 7.58. The maximum atomic E-state index is 6.32. The van der Waals surface area contributed by atoms with E-state index in [2.05, 4.69) is 20.1 Å². The van der Waals surface area contributed by atoms with Gasteiger partial charge < -0.3 is 4.74 Å². The minimum absolute atomic E-state index is 0.254. The van der Waals surface area contributed by atoms with Crippen molar-refractivity contribution >= 4 is 0 Å². The summed E-state index contributed by atoms with van der Waals surface area (Å²) in [5, 5.41) is 0. The molecule has 0 atom stereocenters. The quantitative estimate of drug-likeness (QED) is 0.642. The molecule has 4 rings (SSSR count). The monoisotopic (exact) mass is 234 g/mol. The predicted molar refractivity (Wildman–Crippen MR) is 70.7 cm³/mol. The number of hydrogen-bond acceptors (Lipinski definition) is 1. The van der Waals surface area contributed by atoms with Crippen LogP contribution in [0.5, 0.6) is 0 Å². The molecule has 1 nitrogen and oxygen atoms in total. The van der Waals surface area contributed by atoms with Crippen molar-refractivity contribution in [1.82, 2.24) is 0 Å². The summed E-state index contributed by atoms with van der Waals surface area (Å²) in [5.74, 6) is 2.96. The summed E-state index contributed by atoms with van der Waals surface area (Å²) in [6, 6.07) is 0. The molecule has 4 saturated carbocycles. The maximum absolute atomic E-state index is 6.32. The van der Waals surface area contributed by atoms with E-state index in [0.29, 0.717) is 0 Å². The van der Waals surface area contributed by atoms with E-state index < -0.39 is 0 Å². The lowest BCUT2D eigenvalue weighted by molar-refractivity contribution is -0.130. The maximum Gasteiger partial charge on any atom is 0.109 e. The Morgan fingerprint density at radius 3 is 1.88 bits per heavy atom. The van der Waals surface area contributed by atoms with Crippen LogP contribution in [0.25, 0.3) is 0 Å². The molecule has 0 aromatic carbocycles. The molecular weight excluding hydrogens is 208 g/mol. The normalized spacial score (nSPS) is 42.6. The molecule has 4 aliphatic carbocycles. The third-order valence-corrected chi connectivity index (χ3v) is 5.37. The Bertz CT molecular complexity index is 274. The average molecular weight is 234 g/mol. The van der Waals surface area contributed by atoms with Gasteiger partial charge in [-0.05, 0) is 74.7 Å². The van der Waals surface area contributed by atoms with E-state index in [4.69, 9.17) is 4.74 Å². The summed E-state index contributed by atoms with van der Waals surface area (Å²) in [4.78, 5) is 0. The van der Waals surface area contributed by atoms with Gasteiger partial charge in [-0.25, -0.2) is 0 Å². The van der Waals surface area contributed by atoms with Crippen molar-refractivity contribution in [2.75, 3.05) is 0 Å². The van der Waals surface area contributed by atoms with Crippen LogP contribution in [0.4, 0.5) is 0 Å². The van der Waals surface area contributed by atoms with Gasteiger partial charge in [0.05, 0.1) is 6.26 Å². The van der Waals surface area contributed by atoms with Crippen molar-refractivity contribution < 1.29 is 4.74 Å². The Morgan fingerprint density at radius 1 is 1.00 bits per heavy atom. The average Bonchev–Trinajstić information content (AvgIpc) is 2.28. The fourth-order valence-corrected chi connectivity index (χ4v) is 4.80. The van der Waals surface area contributed by atoms with Crippen LogP contribution in [0.3, 0.4) is 0 Å². The third kappa shape index (κ3) is 2.13. The fourth-order valence-electron chi connectivity index (χ4n) is 4.80. The van der Waals surface area contributed by atoms with Gasteiger partial charge >= 0.3 is 0 Å². The lowest BCUT2D eigenvalue weighted by atomic mass is 9.54. The van der Waals surface area contributed by atoms with Gasteiger partial charge in [0.25, 0.3) is 0 Å². The van der Waals surface area contributed by atoms with E-state index in [9.17, 15) is 0 Å². The van der Waals surface area contributed by atoms with E-state index >= 15 is 0 Å². The van der Waals surface area contributed by atoms with Gasteiger partial charge in [-0.3, -0.25) is 0 Å². The van der Waals surface area contributed by atoms with Crippen molar-refractivity contribution in [1.29, 1.82) is 0 Å². The van der Waals surface area contributed by atoms with Crippen molar-refractivity contribution in [3.05, 3.63) is 11.8 Å². The number of rotatable bonds is 4. The molecule has 0 aromatic heterocycles. The number of hydrogen-bond donors (Lipinski definition) is 0.